The first-order valence-electron chi connectivity index (χ1n) is 9.59. The summed E-state index contributed by atoms with van der Waals surface area (Å²) in [5, 5.41) is 10.7. The van der Waals surface area contributed by atoms with E-state index in [-0.39, 0.29) is 12.1 Å². The molecule has 0 aliphatic heterocycles. The second kappa shape index (κ2) is 16.1. The number of rotatable bonds is 19. The maximum atomic E-state index is 7.43. The van der Waals surface area contributed by atoms with Gasteiger partial charge in [0, 0.05) is 25.9 Å². The Morgan fingerprint density at radius 3 is 1.58 bits per heavy atom. The summed E-state index contributed by atoms with van der Waals surface area (Å²) >= 11 is 0. The van der Waals surface area contributed by atoms with Crippen LogP contribution < -0.4 is 0 Å². The van der Waals surface area contributed by atoms with Crippen LogP contribution in [0.25, 0.3) is 0 Å². The van der Waals surface area contributed by atoms with Crippen LogP contribution in [0.4, 0.5) is 0 Å². The summed E-state index contributed by atoms with van der Waals surface area (Å²) in [4.78, 5) is 0. The van der Waals surface area contributed by atoms with Gasteiger partial charge in [-0.25, -0.2) is 16.6 Å². The molecule has 0 aliphatic rings. The van der Waals surface area contributed by atoms with Gasteiger partial charge < -0.3 is 13.3 Å². The molecule has 0 amide bonds. The molecule has 0 bridgehead atoms. The first-order chi connectivity index (χ1) is 12.6. The van der Waals surface area contributed by atoms with Crippen molar-refractivity contribution in [3.8, 4) is 0 Å². The normalized spacial score (nSPS) is 14.0. The molecule has 0 aromatic heterocycles. The fourth-order valence-electron chi connectivity index (χ4n) is 2.89. The van der Waals surface area contributed by atoms with Gasteiger partial charge in [-0.05, 0) is 59.3 Å². The quantitative estimate of drug-likeness (QED) is 0.159. The third kappa shape index (κ3) is 10.8. The Labute approximate surface area is 158 Å². The minimum absolute atomic E-state index is 0.0651. The third-order valence-electron chi connectivity index (χ3n) is 4.12. The molecule has 26 heavy (non-hydrogen) atoms. The molecule has 0 saturated carbocycles. The minimum atomic E-state index is -2.63. The molecule has 152 valence electrons. The largest absolute Gasteiger partial charge is 0.500 e. The van der Waals surface area contributed by atoms with Crippen molar-refractivity contribution >= 4 is 8.80 Å². The average molecular weight is 389 g/mol. The number of nitrogens with one attached hydrogen (secondary N) is 3. The lowest BCUT2D eigenvalue weighted by Gasteiger charge is -2.28. The SMILES string of the molecule is CCO[Si](CCCC(CCC(CCCN=N)N=N)N=N)(OCC)OCC. The van der Waals surface area contributed by atoms with E-state index in [0.717, 1.165) is 44.6 Å². The maximum Gasteiger partial charge on any atom is 0.500 e. The van der Waals surface area contributed by atoms with Gasteiger partial charge in [-0.2, -0.15) is 15.3 Å². The zero-order valence-corrected chi connectivity index (χ0v) is 17.5. The van der Waals surface area contributed by atoms with Gasteiger partial charge in [-0.3, -0.25) is 0 Å². The van der Waals surface area contributed by atoms with E-state index < -0.39 is 8.80 Å². The van der Waals surface area contributed by atoms with Gasteiger partial charge in [-0.15, -0.1) is 0 Å². The van der Waals surface area contributed by atoms with Gasteiger partial charge in [0.05, 0.1) is 18.6 Å². The number of hydrogen-bond acceptors (Lipinski definition) is 9. The molecule has 0 rings (SSSR count). The minimum Gasteiger partial charge on any atom is -0.374 e. The highest BCUT2D eigenvalue weighted by molar-refractivity contribution is 6.60. The van der Waals surface area contributed by atoms with Crippen molar-refractivity contribution in [1.82, 2.24) is 0 Å². The molecule has 0 radical (unpaired) electrons. The molecule has 0 aromatic carbocycles. The Kier molecular flexibility index (Phi) is 15.4. The van der Waals surface area contributed by atoms with E-state index in [0.29, 0.717) is 26.4 Å². The van der Waals surface area contributed by atoms with Crippen LogP contribution in [0.3, 0.4) is 0 Å². The molecule has 0 spiro atoms. The number of hydrogen-bond donors (Lipinski definition) is 3. The summed E-state index contributed by atoms with van der Waals surface area (Å²) in [5.41, 5.74) is 21.5. The fourth-order valence-corrected chi connectivity index (χ4v) is 5.53. The Balaban J connectivity index is 4.41. The van der Waals surface area contributed by atoms with E-state index in [1.165, 1.54) is 0 Å². The lowest BCUT2D eigenvalue weighted by Crippen LogP contribution is -2.46. The van der Waals surface area contributed by atoms with Crippen molar-refractivity contribution in [2.24, 2.45) is 15.3 Å². The van der Waals surface area contributed by atoms with E-state index in [2.05, 4.69) is 15.3 Å². The molecule has 0 fully saturated rings. The van der Waals surface area contributed by atoms with Gasteiger partial charge in [0.2, 0.25) is 0 Å². The predicted molar refractivity (Wildman–Crippen MR) is 101 cm³/mol. The second-order valence-electron chi connectivity index (χ2n) is 6.04. The standard InChI is InChI=1S/C16H36N6O3Si/c1-4-23-26(24-5-2,25-6-3)14-8-10-16(22-19)12-11-15(21-18)9-7-13-20-17/h15-19H,4-14H2,1-3H3. The second-order valence-corrected chi connectivity index (χ2v) is 8.77. The molecule has 10 heteroatoms. The third-order valence-corrected chi connectivity index (χ3v) is 7.27. The Morgan fingerprint density at radius 1 is 0.731 bits per heavy atom. The summed E-state index contributed by atoms with van der Waals surface area (Å²) in [6.07, 6.45) is 4.61. The zero-order chi connectivity index (χ0) is 19.7. The van der Waals surface area contributed by atoms with E-state index in [4.69, 9.17) is 29.9 Å². The molecule has 0 heterocycles. The van der Waals surface area contributed by atoms with Gasteiger partial charge >= 0.3 is 8.80 Å². The summed E-state index contributed by atoms with van der Waals surface area (Å²) < 4.78 is 17.5. The molecule has 3 N–H and O–H groups in total. The van der Waals surface area contributed by atoms with Gasteiger partial charge in [0.15, 0.2) is 0 Å². The Hall–Kier alpha value is -1.10. The Bertz CT molecular complexity index is 372. The van der Waals surface area contributed by atoms with E-state index >= 15 is 0 Å². The fraction of sp³-hybridized carbons (Fsp3) is 1.00. The first-order valence-corrected chi connectivity index (χ1v) is 11.5. The first kappa shape index (κ1) is 24.9. The smallest absolute Gasteiger partial charge is 0.374 e. The highest BCUT2D eigenvalue weighted by atomic mass is 28.4. The molecule has 2 unspecified atom stereocenters. The van der Waals surface area contributed by atoms with Crippen molar-refractivity contribution in [2.75, 3.05) is 26.4 Å². The molecule has 9 nitrogen and oxygen atoms in total. The molecule has 0 saturated heterocycles. The van der Waals surface area contributed by atoms with Crippen LogP contribution in [0.1, 0.15) is 59.3 Å². The zero-order valence-electron chi connectivity index (χ0n) is 16.5. The molecule has 0 aliphatic carbocycles. The topological polar surface area (TPSA) is 136 Å². The summed E-state index contributed by atoms with van der Waals surface area (Å²) in [6, 6.07) is 0.590. The van der Waals surface area contributed by atoms with E-state index in [1.54, 1.807) is 0 Å². The predicted octanol–water partition coefficient (Wildman–Crippen LogP) is 5.21. The molecular weight excluding hydrogens is 352 g/mol. The highest BCUT2D eigenvalue weighted by Crippen LogP contribution is 2.22. The van der Waals surface area contributed by atoms with Crippen molar-refractivity contribution < 1.29 is 13.3 Å². The molecule has 2 atom stereocenters. The van der Waals surface area contributed by atoms with E-state index in [1.807, 2.05) is 20.8 Å². The van der Waals surface area contributed by atoms with Crippen molar-refractivity contribution in [3.05, 3.63) is 0 Å². The van der Waals surface area contributed by atoms with Crippen LogP contribution >= 0.6 is 0 Å². The van der Waals surface area contributed by atoms with Gasteiger partial charge in [-0.1, -0.05) is 0 Å². The lowest BCUT2D eigenvalue weighted by atomic mass is 10.0. The average Bonchev–Trinajstić information content (AvgIpc) is 2.63. The van der Waals surface area contributed by atoms with Crippen LogP contribution in [0.2, 0.25) is 6.04 Å². The summed E-state index contributed by atoms with van der Waals surface area (Å²) in [6.45, 7) is 8.01. The van der Waals surface area contributed by atoms with Crippen LogP contribution in [0.5, 0.6) is 0 Å². The van der Waals surface area contributed by atoms with Gasteiger partial charge in [0.25, 0.3) is 0 Å². The van der Waals surface area contributed by atoms with Crippen molar-refractivity contribution in [2.45, 2.75) is 77.4 Å². The van der Waals surface area contributed by atoms with Crippen molar-refractivity contribution in [3.63, 3.8) is 0 Å². The number of nitrogens with zero attached hydrogens (tertiary/aromatic N) is 3. The summed E-state index contributed by atoms with van der Waals surface area (Å²) in [5.74, 6) is 0. The highest BCUT2D eigenvalue weighted by Gasteiger charge is 2.39. The van der Waals surface area contributed by atoms with E-state index in [9.17, 15) is 0 Å². The molecular formula is C16H36N6O3Si. The summed E-state index contributed by atoms with van der Waals surface area (Å²) in [7, 11) is -2.63. The van der Waals surface area contributed by atoms with Crippen LogP contribution in [-0.2, 0) is 13.3 Å². The van der Waals surface area contributed by atoms with Gasteiger partial charge in [0.1, 0.15) is 0 Å². The molecule has 0 aromatic rings. The van der Waals surface area contributed by atoms with Crippen LogP contribution in [-0.4, -0.2) is 47.3 Å². The monoisotopic (exact) mass is 388 g/mol. The van der Waals surface area contributed by atoms with Crippen molar-refractivity contribution in [1.29, 1.82) is 16.6 Å². The van der Waals surface area contributed by atoms with Crippen LogP contribution in [0.15, 0.2) is 15.3 Å². The maximum absolute atomic E-state index is 7.43. The lowest BCUT2D eigenvalue weighted by molar-refractivity contribution is 0.0705. The van der Waals surface area contributed by atoms with Crippen LogP contribution in [0, 0.1) is 16.6 Å². The Morgan fingerprint density at radius 2 is 1.19 bits per heavy atom.